The molecule has 1 aliphatic carbocycles. The Labute approximate surface area is 109 Å². The van der Waals surface area contributed by atoms with Crippen LogP contribution in [0.1, 0.15) is 60.4 Å². The molecule has 1 saturated carbocycles. The van der Waals surface area contributed by atoms with Crippen LogP contribution in [0.3, 0.4) is 0 Å². The van der Waals surface area contributed by atoms with Gasteiger partial charge in [-0.05, 0) is 36.8 Å². The van der Waals surface area contributed by atoms with E-state index in [0.717, 1.165) is 25.1 Å². The summed E-state index contributed by atoms with van der Waals surface area (Å²) < 4.78 is 0. The quantitative estimate of drug-likeness (QED) is 0.777. The van der Waals surface area contributed by atoms with Crippen molar-refractivity contribution >= 4 is 5.91 Å². The van der Waals surface area contributed by atoms with E-state index in [-0.39, 0.29) is 5.91 Å². The molecule has 0 N–H and O–H groups in total. The maximum atomic E-state index is 12.4. The topological polar surface area (TPSA) is 20.3 Å². The molecule has 0 radical (unpaired) electrons. The number of nitrogens with zero attached hydrogens (tertiary/aromatic N) is 1. The van der Waals surface area contributed by atoms with Crippen molar-refractivity contribution in [2.75, 3.05) is 13.1 Å². The summed E-state index contributed by atoms with van der Waals surface area (Å²) in [5.41, 5.74) is 2.26. The van der Waals surface area contributed by atoms with Crippen molar-refractivity contribution < 1.29 is 4.79 Å². The Hall–Kier alpha value is -1.31. The summed E-state index contributed by atoms with van der Waals surface area (Å²) in [5.74, 6) is 0.864. The third-order valence-corrected chi connectivity index (χ3v) is 4.38. The summed E-state index contributed by atoms with van der Waals surface area (Å²) in [6.45, 7) is 1.88. The Morgan fingerprint density at radius 2 is 1.72 bits per heavy atom. The van der Waals surface area contributed by atoms with E-state index in [9.17, 15) is 4.79 Å². The van der Waals surface area contributed by atoms with Crippen molar-refractivity contribution in [3.8, 4) is 0 Å². The Kier molecular flexibility index (Phi) is 3.35. The van der Waals surface area contributed by atoms with Crippen molar-refractivity contribution in [3.63, 3.8) is 0 Å². The molecule has 2 aliphatic rings. The average molecular weight is 243 g/mol. The van der Waals surface area contributed by atoms with E-state index in [4.69, 9.17) is 0 Å². The van der Waals surface area contributed by atoms with Crippen LogP contribution in [-0.2, 0) is 0 Å². The third-order valence-electron chi connectivity index (χ3n) is 4.38. The molecule has 1 aromatic rings. The number of likely N-dealkylation sites (tertiary alicyclic amines) is 1. The van der Waals surface area contributed by atoms with Crippen molar-refractivity contribution in [2.24, 2.45) is 0 Å². The number of amides is 1. The zero-order valence-electron chi connectivity index (χ0n) is 10.9. The minimum Gasteiger partial charge on any atom is -0.339 e. The molecule has 18 heavy (non-hydrogen) atoms. The van der Waals surface area contributed by atoms with Crippen LogP contribution in [0.2, 0.25) is 0 Å². The lowest BCUT2D eigenvalue weighted by atomic mass is 9.82. The smallest absolute Gasteiger partial charge is 0.254 e. The zero-order valence-corrected chi connectivity index (χ0v) is 10.9. The van der Waals surface area contributed by atoms with Gasteiger partial charge in [-0.2, -0.15) is 0 Å². The first-order chi connectivity index (χ1) is 8.86. The fourth-order valence-corrected chi connectivity index (χ4v) is 3.15. The Balaban J connectivity index is 1.86. The van der Waals surface area contributed by atoms with Gasteiger partial charge in [-0.15, -0.1) is 0 Å². The normalized spacial score (nSPS) is 20.6. The van der Waals surface area contributed by atoms with E-state index in [1.807, 2.05) is 17.0 Å². The number of carbonyl (C=O) groups is 1. The van der Waals surface area contributed by atoms with Crippen LogP contribution in [0.4, 0.5) is 0 Å². The van der Waals surface area contributed by atoms with Crippen LogP contribution in [0.25, 0.3) is 0 Å². The minimum absolute atomic E-state index is 0.252. The van der Waals surface area contributed by atoms with Gasteiger partial charge in [-0.3, -0.25) is 4.79 Å². The Morgan fingerprint density at radius 1 is 1.00 bits per heavy atom. The van der Waals surface area contributed by atoms with E-state index < -0.39 is 0 Å². The molecule has 1 aromatic carbocycles. The molecule has 0 spiro atoms. The summed E-state index contributed by atoms with van der Waals surface area (Å²) in [6.07, 6.45) is 7.67. The van der Waals surface area contributed by atoms with Crippen LogP contribution < -0.4 is 0 Å². The first kappa shape index (κ1) is 11.8. The highest BCUT2D eigenvalue weighted by Crippen LogP contribution is 2.34. The molecule has 96 valence electrons. The summed E-state index contributed by atoms with van der Waals surface area (Å²) in [6, 6.07) is 8.27. The molecule has 1 aliphatic heterocycles. The van der Waals surface area contributed by atoms with Crippen LogP contribution >= 0.6 is 0 Å². The highest BCUT2D eigenvalue weighted by Gasteiger charge is 2.26. The van der Waals surface area contributed by atoms with Gasteiger partial charge in [0.2, 0.25) is 0 Å². The van der Waals surface area contributed by atoms with E-state index in [1.54, 1.807) is 0 Å². The van der Waals surface area contributed by atoms with Gasteiger partial charge >= 0.3 is 0 Å². The fourth-order valence-electron chi connectivity index (χ4n) is 3.15. The highest BCUT2D eigenvalue weighted by atomic mass is 16.2. The fraction of sp³-hybridized carbons (Fsp3) is 0.562. The number of carbonyl (C=O) groups excluding carboxylic acids is 1. The summed E-state index contributed by atoms with van der Waals surface area (Å²) >= 11 is 0. The van der Waals surface area contributed by atoms with E-state index >= 15 is 0 Å². The lowest BCUT2D eigenvalue weighted by Crippen LogP contribution is -2.42. The predicted octanol–water partition coefficient (Wildman–Crippen LogP) is 3.58. The standard InChI is InChI=1S/C16H21NO/c18-16(17-11-6-12-17)15-10-5-4-9-14(15)13-7-2-1-3-8-13/h4-5,9-10,13H,1-3,6-8,11-12H2. The van der Waals surface area contributed by atoms with Gasteiger partial charge in [-0.25, -0.2) is 0 Å². The van der Waals surface area contributed by atoms with Gasteiger partial charge in [0, 0.05) is 18.7 Å². The predicted molar refractivity (Wildman–Crippen MR) is 72.8 cm³/mol. The van der Waals surface area contributed by atoms with Crippen molar-refractivity contribution in [1.82, 2.24) is 4.90 Å². The second kappa shape index (κ2) is 5.13. The minimum atomic E-state index is 0.252. The van der Waals surface area contributed by atoms with Gasteiger partial charge in [0.15, 0.2) is 0 Å². The van der Waals surface area contributed by atoms with Crippen LogP contribution in [0.15, 0.2) is 24.3 Å². The Bertz CT molecular complexity index is 430. The number of hydrogen-bond acceptors (Lipinski definition) is 1. The average Bonchev–Trinajstić information content (AvgIpc) is 2.38. The molecule has 0 atom stereocenters. The van der Waals surface area contributed by atoms with E-state index in [0.29, 0.717) is 5.92 Å². The van der Waals surface area contributed by atoms with Crippen molar-refractivity contribution in [1.29, 1.82) is 0 Å². The van der Waals surface area contributed by atoms with Crippen LogP contribution in [-0.4, -0.2) is 23.9 Å². The Morgan fingerprint density at radius 3 is 2.39 bits per heavy atom. The molecule has 0 aromatic heterocycles. The third kappa shape index (κ3) is 2.16. The molecule has 3 rings (SSSR count). The maximum absolute atomic E-state index is 12.4. The van der Waals surface area contributed by atoms with Crippen LogP contribution in [0.5, 0.6) is 0 Å². The SMILES string of the molecule is O=C(c1ccccc1C1CCCCC1)N1CCC1. The highest BCUT2D eigenvalue weighted by molar-refractivity contribution is 5.96. The molecular formula is C16H21NO. The molecule has 2 heteroatoms. The molecule has 0 bridgehead atoms. The van der Waals surface area contributed by atoms with Gasteiger partial charge in [-0.1, -0.05) is 37.5 Å². The van der Waals surface area contributed by atoms with Gasteiger partial charge in [0.1, 0.15) is 0 Å². The van der Waals surface area contributed by atoms with E-state index in [2.05, 4.69) is 12.1 Å². The maximum Gasteiger partial charge on any atom is 0.254 e. The summed E-state index contributed by atoms with van der Waals surface area (Å²) in [7, 11) is 0. The monoisotopic (exact) mass is 243 g/mol. The van der Waals surface area contributed by atoms with Gasteiger partial charge < -0.3 is 4.90 Å². The lowest BCUT2D eigenvalue weighted by Gasteiger charge is -2.32. The molecule has 2 nitrogen and oxygen atoms in total. The molecule has 1 heterocycles. The number of benzene rings is 1. The van der Waals surface area contributed by atoms with Crippen molar-refractivity contribution in [2.45, 2.75) is 44.4 Å². The first-order valence-corrected chi connectivity index (χ1v) is 7.24. The molecule has 0 unspecified atom stereocenters. The number of hydrogen-bond donors (Lipinski definition) is 0. The van der Waals surface area contributed by atoms with Gasteiger partial charge in [0.05, 0.1) is 0 Å². The number of rotatable bonds is 2. The largest absolute Gasteiger partial charge is 0.339 e. The molecule has 1 saturated heterocycles. The molecule has 1 amide bonds. The summed E-state index contributed by atoms with van der Waals surface area (Å²) in [5, 5.41) is 0. The summed E-state index contributed by atoms with van der Waals surface area (Å²) in [4.78, 5) is 14.4. The lowest BCUT2D eigenvalue weighted by molar-refractivity contribution is 0.0650. The molecular weight excluding hydrogens is 222 g/mol. The first-order valence-electron chi connectivity index (χ1n) is 7.24. The second-order valence-electron chi connectivity index (χ2n) is 5.57. The van der Waals surface area contributed by atoms with Crippen LogP contribution in [0, 0.1) is 0 Å². The zero-order chi connectivity index (χ0) is 12.4. The molecule has 2 fully saturated rings. The van der Waals surface area contributed by atoms with E-state index in [1.165, 1.54) is 37.7 Å². The van der Waals surface area contributed by atoms with Crippen molar-refractivity contribution in [3.05, 3.63) is 35.4 Å². The second-order valence-corrected chi connectivity index (χ2v) is 5.57. The van der Waals surface area contributed by atoms with Gasteiger partial charge in [0.25, 0.3) is 5.91 Å².